The fraction of sp³-hybridized carbons (Fsp3) is 0.0769. The molecule has 0 aliphatic rings. The standard InChI is InChI=1S/C26H18N4OS/c1-19-6-10-22(11-7-19)31-15-21-14-26(30-25-5-3-2-4-24(21)25)20-8-12-23(13-9-20)32(16-27,17-28)18-29/h2-14H,15H2,1H3. The number of aryl methyl sites for hydroxylation is 1. The second-order valence-corrected chi connectivity index (χ2v) is 9.44. The van der Waals surface area contributed by atoms with Crippen molar-refractivity contribution in [1.29, 1.82) is 15.8 Å². The Hall–Kier alpha value is -4.31. The molecule has 32 heavy (non-hydrogen) atoms. The van der Waals surface area contributed by atoms with Gasteiger partial charge in [-0.05, 0) is 43.3 Å². The molecule has 5 nitrogen and oxygen atoms in total. The molecule has 0 aliphatic heterocycles. The van der Waals surface area contributed by atoms with E-state index in [0.29, 0.717) is 11.5 Å². The third-order valence-electron chi connectivity index (χ3n) is 5.13. The third-order valence-corrected chi connectivity index (χ3v) is 6.93. The van der Waals surface area contributed by atoms with Crippen molar-refractivity contribution in [3.63, 3.8) is 0 Å². The maximum atomic E-state index is 9.36. The van der Waals surface area contributed by atoms with Crippen molar-refractivity contribution in [3.8, 4) is 33.2 Å². The molecule has 1 aromatic heterocycles. The molecule has 0 aliphatic carbocycles. The van der Waals surface area contributed by atoms with E-state index in [1.807, 2.05) is 77.7 Å². The van der Waals surface area contributed by atoms with Gasteiger partial charge in [-0.3, -0.25) is 0 Å². The first kappa shape index (κ1) is 20.9. The highest BCUT2D eigenvalue weighted by atomic mass is 32.3. The zero-order chi connectivity index (χ0) is 22.6. The quantitative estimate of drug-likeness (QED) is 0.339. The van der Waals surface area contributed by atoms with E-state index in [2.05, 4.69) is 0 Å². The lowest BCUT2D eigenvalue weighted by Gasteiger charge is -2.15. The summed E-state index contributed by atoms with van der Waals surface area (Å²) in [6.45, 7) is 2.43. The number of benzene rings is 3. The van der Waals surface area contributed by atoms with Gasteiger partial charge in [0.15, 0.2) is 0 Å². The van der Waals surface area contributed by atoms with Crippen LogP contribution in [0, 0.1) is 38.9 Å². The van der Waals surface area contributed by atoms with E-state index >= 15 is 0 Å². The van der Waals surface area contributed by atoms with Gasteiger partial charge in [-0.15, -0.1) is 0 Å². The van der Waals surface area contributed by atoms with Crippen molar-refractivity contribution < 1.29 is 4.74 Å². The summed E-state index contributed by atoms with van der Waals surface area (Å²) in [5, 5.41) is 34.7. The smallest absolute Gasteiger partial charge is 0.145 e. The number of fused-ring (bicyclic) bond motifs is 1. The molecule has 0 radical (unpaired) electrons. The molecular formula is C26H18N4OS. The normalized spacial score (nSPS) is 11.2. The van der Waals surface area contributed by atoms with E-state index in [1.54, 1.807) is 24.3 Å². The molecule has 4 aromatic rings. The van der Waals surface area contributed by atoms with Crippen molar-refractivity contribution in [3.05, 3.63) is 90.0 Å². The molecule has 0 saturated carbocycles. The van der Waals surface area contributed by atoms with Crippen LogP contribution in [-0.4, -0.2) is 4.98 Å². The summed E-state index contributed by atoms with van der Waals surface area (Å²) in [6, 6.07) is 24.7. The second kappa shape index (κ2) is 8.82. The summed E-state index contributed by atoms with van der Waals surface area (Å²) >= 11 is 0. The summed E-state index contributed by atoms with van der Waals surface area (Å²) in [5.41, 5.74) is 4.61. The topological polar surface area (TPSA) is 93.5 Å². The highest BCUT2D eigenvalue weighted by molar-refractivity contribution is 8.44. The van der Waals surface area contributed by atoms with Gasteiger partial charge in [-0.1, -0.05) is 48.0 Å². The van der Waals surface area contributed by atoms with Crippen LogP contribution in [0.3, 0.4) is 0 Å². The predicted molar refractivity (Wildman–Crippen MR) is 125 cm³/mol. The lowest BCUT2D eigenvalue weighted by atomic mass is 10.0. The van der Waals surface area contributed by atoms with Crippen LogP contribution in [0.4, 0.5) is 0 Å². The Morgan fingerprint density at radius 1 is 0.844 bits per heavy atom. The van der Waals surface area contributed by atoms with Crippen LogP contribution >= 0.6 is 10.0 Å². The van der Waals surface area contributed by atoms with Crippen LogP contribution in [0.2, 0.25) is 0 Å². The Morgan fingerprint density at radius 2 is 1.50 bits per heavy atom. The summed E-state index contributed by atoms with van der Waals surface area (Å²) in [6.07, 6.45) is 0. The molecule has 0 unspecified atom stereocenters. The van der Waals surface area contributed by atoms with Crippen LogP contribution < -0.4 is 4.74 Å². The van der Waals surface area contributed by atoms with Gasteiger partial charge >= 0.3 is 0 Å². The molecule has 0 spiro atoms. The maximum Gasteiger partial charge on any atom is 0.145 e. The molecule has 6 heteroatoms. The molecule has 0 amide bonds. The first-order valence-electron chi connectivity index (χ1n) is 9.83. The molecule has 0 bridgehead atoms. The van der Waals surface area contributed by atoms with Gasteiger partial charge in [-0.2, -0.15) is 15.8 Å². The molecular weight excluding hydrogens is 416 g/mol. The fourth-order valence-corrected chi connectivity index (χ4v) is 4.34. The number of hydrogen-bond acceptors (Lipinski definition) is 5. The number of aromatic nitrogens is 1. The van der Waals surface area contributed by atoms with Gasteiger partial charge in [-0.25, -0.2) is 4.98 Å². The van der Waals surface area contributed by atoms with Gasteiger partial charge < -0.3 is 4.74 Å². The summed E-state index contributed by atoms with van der Waals surface area (Å²) in [5.74, 6) is 0.797. The Balaban J connectivity index is 1.71. The van der Waals surface area contributed by atoms with Gasteiger partial charge in [0.1, 0.15) is 28.6 Å². The van der Waals surface area contributed by atoms with E-state index in [-0.39, 0.29) is 0 Å². The zero-order valence-electron chi connectivity index (χ0n) is 17.3. The number of nitrogens with zero attached hydrogens (tertiary/aromatic N) is 4. The van der Waals surface area contributed by atoms with Crippen LogP contribution in [0.1, 0.15) is 11.1 Å². The number of para-hydroxylation sites is 1. The first-order valence-corrected chi connectivity index (χ1v) is 11.5. The van der Waals surface area contributed by atoms with Gasteiger partial charge in [0.2, 0.25) is 0 Å². The average Bonchev–Trinajstić information content (AvgIpc) is 2.85. The van der Waals surface area contributed by atoms with E-state index in [0.717, 1.165) is 33.5 Å². The summed E-state index contributed by atoms with van der Waals surface area (Å²) in [4.78, 5) is 5.21. The largest absolute Gasteiger partial charge is 0.489 e. The lowest BCUT2D eigenvalue weighted by Crippen LogP contribution is -1.99. The van der Waals surface area contributed by atoms with Gasteiger partial charge in [0, 0.05) is 21.4 Å². The Bertz CT molecular complexity index is 1370. The summed E-state index contributed by atoms with van der Waals surface area (Å²) < 4.78 is 6.02. The van der Waals surface area contributed by atoms with E-state index in [1.165, 1.54) is 5.56 Å². The molecule has 154 valence electrons. The highest BCUT2D eigenvalue weighted by Crippen LogP contribution is 2.52. The van der Waals surface area contributed by atoms with Gasteiger partial charge in [0.25, 0.3) is 0 Å². The van der Waals surface area contributed by atoms with E-state index in [9.17, 15) is 15.8 Å². The fourth-order valence-electron chi connectivity index (χ4n) is 3.36. The number of ether oxygens (including phenoxy) is 1. The van der Waals surface area contributed by atoms with Crippen molar-refractivity contribution in [1.82, 2.24) is 4.98 Å². The van der Waals surface area contributed by atoms with Crippen LogP contribution in [0.5, 0.6) is 5.75 Å². The van der Waals surface area contributed by atoms with E-state index < -0.39 is 10.0 Å². The van der Waals surface area contributed by atoms with Gasteiger partial charge in [0.05, 0.1) is 21.2 Å². The first-order chi connectivity index (χ1) is 15.6. The maximum absolute atomic E-state index is 9.36. The predicted octanol–water partition coefficient (Wildman–Crippen LogP) is 6.40. The zero-order valence-corrected chi connectivity index (χ0v) is 18.1. The molecule has 3 aromatic carbocycles. The van der Waals surface area contributed by atoms with Crippen LogP contribution in [0.25, 0.3) is 22.2 Å². The number of nitriles is 3. The molecule has 0 saturated heterocycles. The van der Waals surface area contributed by atoms with Crippen LogP contribution in [0.15, 0.2) is 83.8 Å². The van der Waals surface area contributed by atoms with Crippen LogP contribution in [-0.2, 0) is 6.61 Å². The minimum atomic E-state index is -2.80. The minimum absolute atomic E-state index is 0.391. The van der Waals surface area contributed by atoms with Crippen molar-refractivity contribution in [2.45, 2.75) is 18.4 Å². The molecule has 0 N–H and O–H groups in total. The van der Waals surface area contributed by atoms with Crippen molar-refractivity contribution in [2.75, 3.05) is 0 Å². The highest BCUT2D eigenvalue weighted by Gasteiger charge is 2.26. The van der Waals surface area contributed by atoms with Crippen molar-refractivity contribution >= 4 is 20.9 Å². The van der Waals surface area contributed by atoms with Crippen molar-refractivity contribution in [2.24, 2.45) is 0 Å². The Labute approximate surface area is 188 Å². The molecule has 0 atom stereocenters. The average molecular weight is 435 g/mol. The minimum Gasteiger partial charge on any atom is -0.489 e. The Kier molecular flexibility index (Phi) is 5.77. The molecule has 1 heterocycles. The second-order valence-electron chi connectivity index (χ2n) is 7.20. The number of pyridine rings is 1. The van der Waals surface area contributed by atoms with E-state index in [4.69, 9.17) is 9.72 Å². The number of hydrogen-bond donors (Lipinski definition) is 0. The Morgan fingerprint density at radius 3 is 2.16 bits per heavy atom. The lowest BCUT2D eigenvalue weighted by molar-refractivity contribution is 0.307. The number of rotatable bonds is 5. The third kappa shape index (κ3) is 3.98. The summed E-state index contributed by atoms with van der Waals surface area (Å²) in [7, 11) is -2.80. The monoisotopic (exact) mass is 434 g/mol. The number of thiocyanates is 3. The molecule has 4 rings (SSSR count). The molecule has 0 fully saturated rings. The SMILES string of the molecule is Cc1ccc(OCc2cc(-c3ccc(S(C#N)(C#N)C#N)cc3)nc3ccccc23)cc1.